The number of aliphatic hydroxyl groups excluding tert-OH is 1. The van der Waals surface area contributed by atoms with E-state index >= 15 is 0 Å². The van der Waals surface area contributed by atoms with Gasteiger partial charge < -0.3 is 20.5 Å². The molecule has 20 heavy (non-hydrogen) atoms. The van der Waals surface area contributed by atoms with Crippen molar-refractivity contribution in [2.45, 2.75) is 38.0 Å². The van der Waals surface area contributed by atoms with Crippen LogP contribution in [-0.4, -0.2) is 40.8 Å². The van der Waals surface area contributed by atoms with Crippen molar-refractivity contribution in [2.75, 3.05) is 13.2 Å². The molecule has 2 rings (SSSR count). The van der Waals surface area contributed by atoms with Crippen LogP contribution in [0.3, 0.4) is 0 Å². The van der Waals surface area contributed by atoms with Gasteiger partial charge in [0.25, 0.3) is 0 Å². The largest absolute Gasteiger partial charge is 0.445 e. The lowest BCUT2D eigenvalue weighted by atomic mass is 9.85. The van der Waals surface area contributed by atoms with E-state index in [0.29, 0.717) is 19.4 Å². The molecule has 0 spiro atoms. The van der Waals surface area contributed by atoms with Gasteiger partial charge in [0.2, 0.25) is 0 Å². The minimum atomic E-state index is -0.574. The number of aliphatic hydroxyl groups is 1. The molecule has 1 aromatic rings. The number of piperidine rings is 1. The normalized spacial score (nSPS) is 26.4. The summed E-state index contributed by atoms with van der Waals surface area (Å²) in [4.78, 5) is 13.8. The zero-order chi connectivity index (χ0) is 14.6. The Morgan fingerprint density at radius 1 is 1.50 bits per heavy atom. The summed E-state index contributed by atoms with van der Waals surface area (Å²) in [6.45, 7) is 2.67. The molecule has 0 aromatic heterocycles. The van der Waals surface area contributed by atoms with E-state index in [2.05, 4.69) is 0 Å². The fourth-order valence-corrected chi connectivity index (χ4v) is 2.58. The van der Waals surface area contributed by atoms with Gasteiger partial charge in [0, 0.05) is 18.1 Å². The first-order valence-electron chi connectivity index (χ1n) is 6.91. The van der Waals surface area contributed by atoms with Crippen molar-refractivity contribution in [3.63, 3.8) is 0 Å². The van der Waals surface area contributed by atoms with Gasteiger partial charge in [-0.3, -0.25) is 0 Å². The summed E-state index contributed by atoms with van der Waals surface area (Å²) in [7, 11) is 0. The summed E-state index contributed by atoms with van der Waals surface area (Å²) in [6, 6.07) is 9.57. The highest BCUT2D eigenvalue weighted by Gasteiger charge is 2.37. The van der Waals surface area contributed by atoms with Crippen molar-refractivity contribution in [1.29, 1.82) is 0 Å². The zero-order valence-electron chi connectivity index (χ0n) is 11.8. The molecule has 1 amide bonds. The molecule has 110 valence electrons. The first kappa shape index (κ1) is 14.8. The average molecular weight is 278 g/mol. The van der Waals surface area contributed by atoms with Crippen molar-refractivity contribution < 1.29 is 14.6 Å². The van der Waals surface area contributed by atoms with E-state index < -0.39 is 5.54 Å². The summed E-state index contributed by atoms with van der Waals surface area (Å²) in [5.74, 6) is 0. The average Bonchev–Trinajstić information content (AvgIpc) is 2.46. The molecule has 0 saturated carbocycles. The fraction of sp³-hybridized carbons (Fsp3) is 0.533. The predicted octanol–water partition coefficient (Wildman–Crippen LogP) is 1.50. The molecule has 1 aliphatic heterocycles. The molecule has 0 bridgehead atoms. The summed E-state index contributed by atoms with van der Waals surface area (Å²) < 4.78 is 5.32. The molecular weight excluding hydrogens is 256 g/mol. The summed E-state index contributed by atoms with van der Waals surface area (Å²) >= 11 is 0. The third kappa shape index (κ3) is 3.49. The lowest BCUT2D eigenvalue weighted by Gasteiger charge is -2.41. The number of carbonyl (C=O) groups is 1. The second-order valence-corrected chi connectivity index (χ2v) is 5.56. The van der Waals surface area contributed by atoms with E-state index in [1.165, 1.54) is 0 Å². The van der Waals surface area contributed by atoms with Crippen molar-refractivity contribution in [2.24, 2.45) is 5.73 Å². The van der Waals surface area contributed by atoms with Crippen LogP contribution in [0.4, 0.5) is 4.79 Å². The van der Waals surface area contributed by atoms with Crippen LogP contribution in [0.15, 0.2) is 30.3 Å². The number of amides is 1. The molecule has 1 heterocycles. The van der Waals surface area contributed by atoms with Gasteiger partial charge >= 0.3 is 6.09 Å². The molecule has 1 fully saturated rings. The number of likely N-dealkylation sites (tertiary alicyclic amines) is 1. The summed E-state index contributed by atoms with van der Waals surface area (Å²) in [5, 5.41) is 9.29. The third-order valence-corrected chi connectivity index (χ3v) is 3.84. The fourth-order valence-electron chi connectivity index (χ4n) is 2.58. The van der Waals surface area contributed by atoms with Crippen molar-refractivity contribution in [1.82, 2.24) is 4.90 Å². The van der Waals surface area contributed by atoms with Gasteiger partial charge in [-0.2, -0.15) is 0 Å². The number of ether oxygens (including phenoxy) is 1. The van der Waals surface area contributed by atoms with Crippen LogP contribution in [0.2, 0.25) is 0 Å². The van der Waals surface area contributed by atoms with E-state index in [-0.39, 0.29) is 25.3 Å². The van der Waals surface area contributed by atoms with Crippen LogP contribution in [-0.2, 0) is 11.3 Å². The number of rotatable bonds is 3. The topological polar surface area (TPSA) is 75.8 Å². The Kier molecular flexibility index (Phi) is 4.62. The lowest BCUT2D eigenvalue weighted by Crippen LogP contribution is -2.57. The second-order valence-electron chi connectivity index (χ2n) is 5.56. The van der Waals surface area contributed by atoms with E-state index in [9.17, 15) is 9.90 Å². The number of benzene rings is 1. The van der Waals surface area contributed by atoms with Gasteiger partial charge in [-0.05, 0) is 25.3 Å². The summed E-state index contributed by atoms with van der Waals surface area (Å²) in [5.41, 5.74) is 6.44. The smallest absolute Gasteiger partial charge is 0.410 e. The van der Waals surface area contributed by atoms with E-state index in [0.717, 1.165) is 5.56 Å². The minimum absolute atomic E-state index is 0.0239. The van der Waals surface area contributed by atoms with Crippen LogP contribution >= 0.6 is 0 Å². The Hall–Kier alpha value is -1.59. The van der Waals surface area contributed by atoms with Gasteiger partial charge in [-0.15, -0.1) is 0 Å². The van der Waals surface area contributed by atoms with Crippen molar-refractivity contribution in [3.8, 4) is 0 Å². The van der Waals surface area contributed by atoms with Gasteiger partial charge in [-0.1, -0.05) is 30.3 Å². The van der Waals surface area contributed by atoms with Gasteiger partial charge in [0.1, 0.15) is 6.61 Å². The molecular formula is C15H22N2O3. The molecule has 1 saturated heterocycles. The van der Waals surface area contributed by atoms with E-state index in [1.54, 1.807) is 4.90 Å². The van der Waals surface area contributed by atoms with Gasteiger partial charge in [0.05, 0.1) is 6.61 Å². The first-order chi connectivity index (χ1) is 9.54. The molecule has 5 heteroatoms. The Labute approximate surface area is 119 Å². The zero-order valence-corrected chi connectivity index (χ0v) is 11.8. The Morgan fingerprint density at radius 3 is 2.80 bits per heavy atom. The van der Waals surface area contributed by atoms with Crippen LogP contribution < -0.4 is 5.73 Å². The molecule has 0 radical (unpaired) electrons. The maximum atomic E-state index is 12.1. The van der Waals surface area contributed by atoms with Gasteiger partial charge in [0.15, 0.2) is 0 Å². The Bertz CT molecular complexity index is 452. The highest BCUT2D eigenvalue weighted by atomic mass is 16.6. The first-order valence-corrected chi connectivity index (χ1v) is 6.91. The number of hydrogen-bond acceptors (Lipinski definition) is 4. The minimum Gasteiger partial charge on any atom is -0.445 e. The maximum Gasteiger partial charge on any atom is 0.410 e. The van der Waals surface area contributed by atoms with Crippen molar-refractivity contribution in [3.05, 3.63) is 35.9 Å². The van der Waals surface area contributed by atoms with Gasteiger partial charge in [-0.25, -0.2) is 4.79 Å². The second kappa shape index (κ2) is 6.24. The molecule has 0 aliphatic carbocycles. The number of nitrogens with two attached hydrogens (primary N) is 1. The predicted molar refractivity (Wildman–Crippen MR) is 76.0 cm³/mol. The number of nitrogens with zero attached hydrogens (tertiary/aromatic N) is 1. The van der Waals surface area contributed by atoms with Crippen molar-refractivity contribution >= 4 is 6.09 Å². The molecule has 1 aromatic carbocycles. The summed E-state index contributed by atoms with van der Waals surface area (Å²) in [6.07, 6.45) is 0.861. The molecule has 3 N–H and O–H groups in total. The molecule has 1 aliphatic rings. The molecule has 2 atom stereocenters. The SMILES string of the molecule is C[C@H]1C[C@@](N)(CO)CCN1C(=O)OCc1ccccc1. The third-order valence-electron chi connectivity index (χ3n) is 3.84. The number of hydrogen-bond donors (Lipinski definition) is 2. The lowest BCUT2D eigenvalue weighted by molar-refractivity contribution is 0.0424. The molecule has 0 unspecified atom stereocenters. The Morgan fingerprint density at radius 2 is 2.20 bits per heavy atom. The highest BCUT2D eigenvalue weighted by molar-refractivity contribution is 5.68. The number of carbonyl (C=O) groups excluding carboxylic acids is 1. The molecule has 5 nitrogen and oxygen atoms in total. The van der Waals surface area contributed by atoms with E-state index in [4.69, 9.17) is 10.5 Å². The maximum absolute atomic E-state index is 12.1. The standard InChI is InChI=1S/C15H22N2O3/c1-12-9-15(16,11-18)7-8-17(12)14(19)20-10-13-5-3-2-4-6-13/h2-6,12,18H,7-11,16H2,1H3/t12-,15+/m0/s1. The van der Waals surface area contributed by atoms with Crippen LogP contribution in [0.1, 0.15) is 25.3 Å². The quantitative estimate of drug-likeness (QED) is 0.878. The monoisotopic (exact) mass is 278 g/mol. The van der Waals surface area contributed by atoms with Crippen LogP contribution in [0.25, 0.3) is 0 Å². The highest BCUT2D eigenvalue weighted by Crippen LogP contribution is 2.25. The van der Waals surface area contributed by atoms with Crippen LogP contribution in [0, 0.1) is 0 Å². The Balaban J connectivity index is 1.87. The van der Waals surface area contributed by atoms with Crippen LogP contribution in [0.5, 0.6) is 0 Å². The van der Waals surface area contributed by atoms with E-state index in [1.807, 2.05) is 37.3 Å².